The molecule has 0 spiro atoms. The third-order valence-electron chi connectivity index (χ3n) is 5.32. The number of benzene rings is 1. The second-order valence-corrected chi connectivity index (χ2v) is 7.17. The summed E-state index contributed by atoms with van der Waals surface area (Å²) in [4.78, 5) is 33.8. The van der Waals surface area contributed by atoms with Gasteiger partial charge in [0.05, 0.1) is 17.2 Å². The number of hydrogen-bond donors (Lipinski definition) is 0. The third kappa shape index (κ3) is 2.51. The highest BCUT2D eigenvalue weighted by Gasteiger charge is 2.36. The van der Waals surface area contributed by atoms with Crippen molar-refractivity contribution in [3.8, 4) is 0 Å². The number of hydrogen-bond acceptors (Lipinski definition) is 4. The van der Waals surface area contributed by atoms with E-state index in [-0.39, 0.29) is 17.5 Å². The smallest absolute Gasteiger partial charge is 0.260 e. The van der Waals surface area contributed by atoms with E-state index in [2.05, 4.69) is 16.9 Å². The molecule has 1 aromatic carbocycles. The molecule has 1 amide bonds. The highest BCUT2D eigenvalue weighted by molar-refractivity contribution is 5.97. The maximum Gasteiger partial charge on any atom is 0.260 e. The van der Waals surface area contributed by atoms with E-state index in [1.165, 1.54) is 17.3 Å². The van der Waals surface area contributed by atoms with Crippen molar-refractivity contribution in [1.29, 1.82) is 0 Å². The number of carbonyl (C=O) groups excluding carboxylic acids is 1. The number of aryl methyl sites for hydroxylation is 1. The van der Waals surface area contributed by atoms with Gasteiger partial charge in [0.15, 0.2) is 0 Å². The third-order valence-corrected chi connectivity index (χ3v) is 5.32. The molecule has 0 radical (unpaired) electrons. The molecule has 1 aromatic heterocycles. The molecule has 0 N–H and O–H groups in total. The highest BCUT2D eigenvalue weighted by Crippen LogP contribution is 2.28. The molecular weight excluding hydrogens is 304 g/mol. The SMILES string of the molecule is CN1C[C@@H]2CC[C@H](C1)N(C(=O)c1ccc3c(=O)n(C)cnc3c1)C2. The Kier molecular flexibility index (Phi) is 3.64. The van der Waals surface area contributed by atoms with Gasteiger partial charge in [0.1, 0.15) is 0 Å². The number of rotatable bonds is 1. The monoisotopic (exact) mass is 326 g/mol. The molecule has 3 aliphatic rings. The van der Waals surface area contributed by atoms with Gasteiger partial charge in [-0.15, -0.1) is 0 Å². The van der Waals surface area contributed by atoms with E-state index in [0.29, 0.717) is 22.4 Å². The number of amides is 1. The average molecular weight is 326 g/mol. The quantitative estimate of drug-likeness (QED) is 0.787. The van der Waals surface area contributed by atoms with E-state index >= 15 is 0 Å². The summed E-state index contributed by atoms with van der Waals surface area (Å²) < 4.78 is 1.45. The van der Waals surface area contributed by atoms with Gasteiger partial charge < -0.3 is 14.4 Å². The Morgan fingerprint density at radius 3 is 2.83 bits per heavy atom. The van der Waals surface area contributed by atoms with Crippen LogP contribution in [0.4, 0.5) is 0 Å². The Morgan fingerprint density at radius 1 is 1.17 bits per heavy atom. The molecule has 2 atom stereocenters. The Hall–Kier alpha value is -2.21. The fourth-order valence-electron chi connectivity index (χ4n) is 4.07. The minimum absolute atomic E-state index is 0.0596. The van der Waals surface area contributed by atoms with Crippen LogP contribution in [0.25, 0.3) is 10.9 Å². The van der Waals surface area contributed by atoms with Crippen LogP contribution < -0.4 is 5.56 Å². The first-order chi connectivity index (χ1) is 11.5. The van der Waals surface area contributed by atoms with Gasteiger partial charge in [0.2, 0.25) is 0 Å². The number of likely N-dealkylation sites (N-methyl/N-ethyl adjacent to an activating group) is 1. The molecule has 3 saturated heterocycles. The minimum Gasteiger partial charge on any atom is -0.334 e. The Balaban J connectivity index is 1.68. The molecule has 6 nitrogen and oxygen atoms in total. The lowest BCUT2D eigenvalue weighted by Crippen LogP contribution is -2.47. The fraction of sp³-hybridized carbons (Fsp3) is 0.500. The number of carbonyl (C=O) groups is 1. The molecule has 3 aliphatic heterocycles. The summed E-state index contributed by atoms with van der Waals surface area (Å²) in [7, 11) is 3.81. The Labute approximate surface area is 140 Å². The first-order valence-electron chi connectivity index (χ1n) is 8.48. The lowest BCUT2D eigenvalue weighted by molar-refractivity contribution is 0.0587. The Bertz CT molecular complexity index is 860. The van der Waals surface area contributed by atoms with Crippen LogP contribution in [0.3, 0.4) is 0 Å². The van der Waals surface area contributed by atoms with Crippen LogP contribution >= 0.6 is 0 Å². The normalized spacial score (nSPS) is 24.3. The van der Waals surface area contributed by atoms with Crippen molar-refractivity contribution in [2.75, 3.05) is 26.7 Å². The first kappa shape index (κ1) is 15.3. The molecule has 24 heavy (non-hydrogen) atoms. The van der Waals surface area contributed by atoms with Gasteiger partial charge in [-0.05, 0) is 44.0 Å². The lowest BCUT2D eigenvalue weighted by atomic mass is 9.94. The molecule has 4 heterocycles. The fourth-order valence-corrected chi connectivity index (χ4v) is 4.07. The lowest BCUT2D eigenvalue weighted by Gasteiger charge is -2.36. The van der Waals surface area contributed by atoms with E-state index in [4.69, 9.17) is 0 Å². The second-order valence-electron chi connectivity index (χ2n) is 7.17. The predicted octanol–water partition coefficient (Wildman–Crippen LogP) is 1.10. The summed E-state index contributed by atoms with van der Waals surface area (Å²) in [5, 5.41) is 0.550. The van der Waals surface area contributed by atoms with Crippen LogP contribution in [0.5, 0.6) is 0 Å². The van der Waals surface area contributed by atoms with Crippen LogP contribution in [0.15, 0.2) is 29.3 Å². The molecule has 2 aromatic rings. The van der Waals surface area contributed by atoms with E-state index in [9.17, 15) is 9.59 Å². The first-order valence-corrected chi connectivity index (χ1v) is 8.48. The van der Waals surface area contributed by atoms with Gasteiger partial charge >= 0.3 is 0 Å². The molecule has 0 unspecified atom stereocenters. The number of nitrogens with zero attached hydrogens (tertiary/aromatic N) is 4. The predicted molar refractivity (Wildman–Crippen MR) is 92.0 cm³/mol. The van der Waals surface area contributed by atoms with Crippen molar-refractivity contribution in [3.05, 3.63) is 40.4 Å². The molecule has 3 fully saturated rings. The summed E-state index contributed by atoms with van der Waals surface area (Å²) >= 11 is 0. The van der Waals surface area contributed by atoms with Gasteiger partial charge in [0.25, 0.3) is 11.5 Å². The number of piperidine rings is 1. The van der Waals surface area contributed by atoms with Crippen molar-refractivity contribution >= 4 is 16.8 Å². The molecule has 0 saturated carbocycles. The second kappa shape index (κ2) is 5.70. The van der Waals surface area contributed by atoms with Gasteiger partial charge in [0, 0.05) is 38.3 Å². The van der Waals surface area contributed by atoms with Crippen molar-refractivity contribution in [3.63, 3.8) is 0 Å². The summed E-state index contributed by atoms with van der Waals surface area (Å²) in [6.07, 6.45) is 3.78. The number of fused-ring (bicyclic) bond motifs is 5. The van der Waals surface area contributed by atoms with Crippen molar-refractivity contribution in [2.24, 2.45) is 13.0 Å². The van der Waals surface area contributed by atoms with Crippen LogP contribution in [0.2, 0.25) is 0 Å². The Morgan fingerprint density at radius 2 is 2.00 bits per heavy atom. The van der Waals surface area contributed by atoms with Gasteiger partial charge in [-0.3, -0.25) is 9.59 Å². The molecule has 6 heteroatoms. The van der Waals surface area contributed by atoms with E-state index in [0.717, 1.165) is 26.1 Å². The van der Waals surface area contributed by atoms with Crippen molar-refractivity contribution in [1.82, 2.24) is 19.4 Å². The number of aromatic nitrogens is 2. The summed E-state index contributed by atoms with van der Waals surface area (Å²) in [5.41, 5.74) is 1.12. The maximum absolute atomic E-state index is 13.0. The van der Waals surface area contributed by atoms with E-state index in [1.54, 1.807) is 25.2 Å². The summed E-state index contributed by atoms with van der Waals surface area (Å²) in [6.45, 7) is 2.83. The van der Waals surface area contributed by atoms with Crippen LogP contribution in [-0.4, -0.2) is 58.0 Å². The van der Waals surface area contributed by atoms with Gasteiger partial charge in [-0.25, -0.2) is 4.98 Å². The molecule has 2 bridgehead atoms. The topological polar surface area (TPSA) is 58.4 Å². The summed E-state index contributed by atoms with van der Waals surface area (Å²) in [6, 6.07) is 5.52. The van der Waals surface area contributed by atoms with Gasteiger partial charge in [-0.2, -0.15) is 0 Å². The van der Waals surface area contributed by atoms with E-state index < -0.39 is 0 Å². The van der Waals surface area contributed by atoms with Gasteiger partial charge in [-0.1, -0.05) is 0 Å². The largest absolute Gasteiger partial charge is 0.334 e. The molecule has 5 rings (SSSR count). The average Bonchev–Trinajstić information content (AvgIpc) is 2.86. The van der Waals surface area contributed by atoms with Crippen LogP contribution in [0, 0.1) is 5.92 Å². The summed E-state index contributed by atoms with van der Waals surface area (Å²) in [5.74, 6) is 0.618. The zero-order chi connectivity index (χ0) is 16.8. The molecular formula is C18H22N4O2. The van der Waals surface area contributed by atoms with Crippen LogP contribution in [0.1, 0.15) is 23.2 Å². The molecule has 126 valence electrons. The zero-order valence-electron chi connectivity index (χ0n) is 14.1. The molecule has 0 aliphatic carbocycles. The highest BCUT2D eigenvalue weighted by atomic mass is 16.2. The minimum atomic E-state index is -0.0885. The van der Waals surface area contributed by atoms with Crippen molar-refractivity contribution in [2.45, 2.75) is 18.9 Å². The van der Waals surface area contributed by atoms with Crippen molar-refractivity contribution < 1.29 is 4.79 Å². The van der Waals surface area contributed by atoms with E-state index in [1.807, 2.05) is 4.90 Å². The zero-order valence-corrected chi connectivity index (χ0v) is 14.1. The van der Waals surface area contributed by atoms with Crippen LogP contribution in [-0.2, 0) is 7.05 Å². The maximum atomic E-state index is 13.0. The standard InChI is InChI=1S/C18H22N4O2/c1-20-8-12-3-5-14(10-20)22(9-12)17(23)13-4-6-15-16(7-13)19-11-21(2)18(15)24/h4,6-7,11-12,14H,3,5,8-10H2,1-2H3/t12-,14+/m0/s1.